The lowest BCUT2D eigenvalue weighted by molar-refractivity contribution is 0.0939. The van der Waals surface area contributed by atoms with Gasteiger partial charge >= 0.3 is 0 Å². The standard InChI is InChI=1S/C16H16N2O3/c1-2-3-7-18-13-6-9-21-15(13)10-14(18)16(19)17-11-12-5-4-8-20-12/h2-6,8-10H,7,11H2,1H3,(H,17,19)/b3-2-. The number of rotatable bonds is 5. The Hall–Kier alpha value is -2.69. The molecule has 1 N–H and O–H groups in total. The van der Waals surface area contributed by atoms with Gasteiger partial charge in [0.2, 0.25) is 0 Å². The van der Waals surface area contributed by atoms with E-state index in [0.717, 1.165) is 11.3 Å². The average Bonchev–Trinajstić information content (AvgIpc) is 3.19. The van der Waals surface area contributed by atoms with Crippen molar-refractivity contribution in [3.05, 3.63) is 60.4 Å². The van der Waals surface area contributed by atoms with Gasteiger partial charge in [-0.25, -0.2) is 0 Å². The minimum absolute atomic E-state index is 0.151. The molecule has 0 bridgehead atoms. The summed E-state index contributed by atoms with van der Waals surface area (Å²) in [4.78, 5) is 12.4. The fourth-order valence-corrected chi connectivity index (χ4v) is 2.24. The lowest BCUT2D eigenvalue weighted by Gasteiger charge is -2.07. The van der Waals surface area contributed by atoms with E-state index in [1.807, 2.05) is 35.8 Å². The highest BCUT2D eigenvalue weighted by Gasteiger charge is 2.16. The van der Waals surface area contributed by atoms with Crippen LogP contribution in [0.4, 0.5) is 0 Å². The van der Waals surface area contributed by atoms with Crippen LogP contribution in [0.25, 0.3) is 11.1 Å². The second kappa shape index (κ2) is 5.75. The van der Waals surface area contributed by atoms with Crippen LogP contribution in [-0.2, 0) is 13.1 Å². The molecular formula is C16H16N2O3. The zero-order valence-corrected chi connectivity index (χ0v) is 11.7. The molecule has 0 spiro atoms. The normalized spacial score (nSPS) is 11.5. The van der Waals surface area contributed by atoms with Gasteiger partial charge < -0.3 is 18.7 Å². The van der Waals surface area contributed by atoms with Crippen molar-refractivity contribution in [1.82, 2.24) is 9.88 Å². The highest BCUT2D eigenvalue weighted by Crippen LogP contribution is 2.21. The molecule has 3 heterocycles. The highest BCUT2D eigenvalue weighted by molar-refractivity contribution is 5.97. The molecule has 0 fully saturated rings. The van der Waals surface area contributed by atoms with E-state index >= 15 is 0 Å². The fourth-order valence-electron chi connectivity index (χ4n) is 2.24. The molecule has 0 atom stereocenters. The molecule has 3 aromatic rings. The molecule has 1 amide bonds. The number of carbonyl (C=O) groups excluding carboxylic acids is 1. The van der Waals surface area contributed by atoms with Gasteiger partial charge in [0.05, 0.1) is 24.6 Å². The fraction of sp³-hybridized carbons (Fsp3) is 0.188. The Labute approximate surface area is 121 Å². The molecule has 0 unspecified atom stereocenters. The van der Waals surface area contributed by atoms with Crippen molar-refractivity contribution in [1.29, 1.82) is 0 Å². The van der Waals surface area contributed by atoms with E-state index in [-0.39, 0.29) is 5.91 Å². The summed E-state index contributed by atoms with van der Waals surface area (Å²) in [6.07, 6.45) is 7.16. The first-order chi connectivity index (χ1) is 10.3. The Morgan fingerprint density at radius 2 is 2.24 bits per heavy atom. The van der Waals surface area contributed by atoms with Crippen LogP contribution >= 0.6 is 0 Å². The Morgan fingerprint density at radius 3 is 3.00 bits per heavy atom. The van der Waals surface area contributed by atoms with Crippen LogP contribution in [-0.4, -0.2) is 10.5 Å². The smallest absolute Gasteiger partial charge is 0.268 e. The third-order valence-electron chi connectivity index (χ3n) is 3.28. The highest BCUT2D eigenvalue weighted by atomic mass is 16.3. The number of carbonyl (C=O) groups is 1. The molecule has 0 aliphatic carbocycles. The van der Waals surface area contributed by atoms with Gasteiger partial charge in [0.15, 0.2) is 5.58 Å². The van der Waals surface area contributed by atoms with E-state index in [1.165, 1.54) is 0 Å². The molecular weight excluding hydrogens is 268 g/mol. The number of fused-ring (bicyclic) bond motifs is 1. The van der Waals surface area contributed by atoms with Crippen LogP contribution in [0.2, 0.25) is 0 Å². The maximum Gasteiger partial charge on any atom is 0.268 e. The minimum Gasteiger partial charge on any atom is -0.467 e. The summed E-state index contributed by atoms with van der Waals surface area (Å²) in [6.45, 7) is 2.94. The maximum absolute atomic E-state index is 12.4. The van der Waals surface area contributed by atoms with Gasteiger partial charge in [-0.15, -0.1) is 0 Å². The second-order valence-corrected chi connectivity index (χ2v) is 4.64. The van der Waals surface area contributed by atoms with Crippen molar-refractivity contribution in [2.75, 3.05) is 0 Å². The third kappa shape index (κ3) is 2.63. The van der Waals surface area contributed by atoms with E-state index < -0.39 is 0 Å². The van der Waals surface area contributed by atoms with Gasteiger partial charge in [-0.2, -0.15) is 0 Å². The van der Waals surface area contributed by atoms with Gasteiger partial charge in [0, 0.05) is 18.7 Å². The molecule has 0 saturated heterocycles. The summed E-state index contributed by atoms with van der Waals surface area (Å²) in [6, 6.07) is 7.24. The number of allylic oxidation sites excluding steroid dienone is 2. The molecule has 5 nitrogen and oxygen atoms in total. The first-order valence-electron chi connectivity index (χ1n) is 6.78. The summed E-state index contributed by atoms with van der Waals surface area (Å²) >= 11 is 0. The Bertz CT molecular complexity index is 763. The lowest BCUT2D eigenvalue weighted by atomic mass is 10.3. The van der Waals surface area contributed by atoms with E-state index in [9.17, 15) is 4.79 Å². The average molecular weight is 284 g/mol. The van der Waals surface area contributed by atoms with Crippen molar-refractivity contribution in [3.63, 3.8) is 0 Å². The summed E-state index contributed by atoms with van der Waals surface area (Å²) in [7, 11) is 0. The first-order valence-corrected chi connectivity index (χ1v) is 6.78. The Kier molecular flexibility index (Phi) is 3.64. The molecule has 0 radical (unpaired) electrons. The van der Waals surface area contributed by atoms with E-state index in [2.05, 4.69) is 5.32 Å². The van der Waals surface area contributed by atoms with Crippen molar-refractivity contribution in [3.8, 4) is 0 Å². The third-order valence-corrected chi connectivity index (χ3v) is 3.28. The van der Waals surface area contributed by atoms with Crippen molar-refractivity contribution in [2.45, 2.75) is 20.0 Å². The molecule has 0 aromatic carbocycles. The number of aromatic nitrogens is 1. The molecule has 0 aliphatic rings. The van der Waals surface area contributed by atoms with E-state index in [4.69, 9.17) is 8.83 Å². The van der Waals surface area contributed by atoms with Crippen LogP contribution in [0.3, 0.4) is 0 Å². The number of nitrogens with zero attached hydrogens (tertiary/aromatic N) is 1. The number of amides is 1. The zero-order chi connectivity index (χ0) is 14.7. The Morgan fingerprint density at radius 1 is 1.33 bits per heavy atom. The van der Waals surface area contributed by atoms with Gasteiger partial charge in [-0.05, 0) is 19.1 Å². The topological polar surface area (TPSA) is 60.3 Å². The number of nitrogens with one attached hydrogen (secondary N) is 1. The van der Waals surface area contributed by atoms with Crippen LogP contribution in [0.15, 0.2) is 57.8 Å². The van der Waals surface area contributed by atoms with Crippen molar-refractivity contribution >= 4 is 17.0 Å². The summed E-state index contributed by atoms with van der Waals surface area (Å²) < 4.78 is 12.5. The molecule has 21 heavy (non-hydrogen) atoms. The lowest BCUT2D eigenvalue weighted by Crippen LogP contribution is -2.25. The van der Waals surface area contributed by atoms with Crippen molar-refractivity contribution < 1.29 is 13.6 Å². The van der Waals surface area contributed by atoms with E-state index in [1.54, 1.807) is 24.7 Å². The summed E-state index contributed by atoms with van der Waals surface area (Å²) in [5, 5.41) is 2.85. The van der Waals surface area contributed by atoms with Crippen LogP contribution in [0, 0.1) is 0 Å². The quantitative estimate of drug-likeness (QED) is 0.731. The first kappa shape index (κ1) is 13.3. The minimum atomic E-state index is -0.151. The Balaban J connectivity index is 1.84. The van der Waals surface area contributed by atoms with Gasteiger partial charge in [0.25, 0.3) is 5.91 Å². The van der Waals surface area contributed by atoms with Gasteiger partial charge in [-0.1, -0.05) is 12.2 Å². The molecule has 108 valence electrons. The molecule has 3 aromatic heterocycles. The number of furan rings is 2. The molecule has 0 aliphatic heterocycles. The van der Waals surface area contributed by atoms with Crippen LogP contribution in [0.1, 0.15) is 23.2 Å². The number of hydrogen-bond donors (Lipinski definition) is 1. The monoisotopic (exact) mass is 284 g/mol. The summed E-state index contributed by atoms with van der Waals surface area (Å²) in [5.41, 5.74) is 2.20. The molecule has 5 heteroatoms. The van der Waals surface area contributed by atoms with Gasteiger partial charge in [0.1, 0.15) is 11.5 Å². The largest absolute Gasteiger partial charge is 0.467 e. The second-order valence-electron chi connectivity index (χ2n) is 4.64. The van der Waals surface area contributed by atoms with Gasteiger partial charge in [-0.3, -0.25) is 4.79 Å². The SMILES string of the molecule is C/C=C\Cn1c(C(=O)NCc2ccco2)cc2occc21. The van der Waals surface area contributed by atoms with Crippen molar-refractivity contribution in [2.24, 2.45) is 0 Å². The van der Waals surface area contributed by atoms with Crippen LogP contribution < -0.4 is 5.32 Å². The number of hydrogen-bond acceptors (Lipinski definition) is 3. The predicted molar refractivity (Wildman–Crippen MR) is 78.9 cm³/mol. The predicted octanol–water partition coefficient (Wildman–Crippen LogP) is 3.33. The molecule has 3 rings (SSSR count). The molecule has 0 saturated carbocycles. The van der Waals surface area contributed by atoms with Crippen LogP contribution in [0.5, 0.6) is 0 Å². The maximum atomic E-state index is 12.4. The van der Waals surface area contributed by atoms with E-state index in [0.29, 0.717) is 24.4 Å². The zero-order valence-electron chi connectivity index (χ0n) is 11.7. The summed E-state index contributed by atoms with van der Waals surface area (Å²) in [5.74, 6) is 0.570.